The van der Waals surface area contributed by atoms with E-state index in [4.69, 9.17) is 5.10 Å². The van der Waals surface area contributed by atoms with Crippen LogP contribution in [0.15, 0.2) is 85.3 Å². The van der Waals surface area contributed by atoms with E-state index in [0.717, 1.165) is 40.6 Å². The lowest BCUT2D eigenvalue weighted by Gasteiger charge is -2.12. The summed E-state index contributed by atoms with van der Waals surface area (Å²) in [5.41, 5.74) is 5.15. The lowest BCUT2D eigenvalue weighted by atomic mass is 10.2. The second-order valence-electron chi connectivity index (χ2n) is 10.4. The number of anilines is 2. The van der Waals surface area contributed by atoms with Crippen LogP contribution in [-0.2, 0) is 13.0 Å². The van der Waals surface area contributed by atoms with Crippen molar-refractivity contribution >= 4 is 41.8 Å². The van der Waals surface area contributed by atoms with E-state index in [1.54, 1.807) is 0 Å². The maximum atomic E-state index is 13.1. The molecule has 5 aromatic rings. The highest BCUT2D eigenvalue weighted by molar-refractivity contribution is 6.88. The minimum absolute atomic E-state index is 0.301. The number of rotatable bonds is 7. The second kappa shape index (κ2) is 10.1. The van der Waals surface area contributed by atoms with E-state index in [9.17, 15) is 4.79 Å². The van der Waals surface area contributed by atoms with Crippen molar-refractivity contribution in [2.75, 3.05) is 10.6 Å². The number of amides is 2. The van der Waals surface area contributed by atoms with Crippen molar-refractivity contribution in [3.05, 3.63) is 96.4 Å². The quantitative estimate of drug-likeness (QED) is 0.266. The van der Waals surface area contributed by atoms with Crippen LogP contribution in [0.4, 0.5) is 16.3 Å². The summed E-state index contributed by atoms with van der Waals surface area (Å²) in [5, 5.41) is 13.1. The van der Waals surface area contributed by atoms with Gasteiger partial charge in [0.15, 0.2) is 0 Å². The number of urea groups is 1. The fourth-order valence-electron chi connectivity index (χ4n) is 4.25. The van der Waals surface area contributed by atoms with Crippen LogP contribution in [0.3, 0.4) is 0 Å². The number of carbonyl (C=O) groups excluding carboxylic acids is 1. The molecule has 0 saturated heterocycles. The van der Waals surface area contributed by atoms with Gasteiger partial charge in [0.1, 0.15) is 13.9 Å². The third-order valence-corrected chi connectivity index (χ3v) is 8.20. The highest BCUT2D eigenvalue weighted by atomic mass is 28.3. The van der Waals surface area contributed by atoms with Crippen LogP contribution in [0.2, 0.25) is 19.6 Å². The fourth-order valence-corrected chi connectivity index (χ4v) is 5.22. The highest BCUT2D eigenvalue weighted by Gasteiger charge is 2.23. The Morgan fingerprint density at radius 3 is 2.41 bits per heavy atom. The molecule has 2 N–H and O–H groups in total. The molecule has 5 rings (SSSR count). The Bertz CT molecular complexity index is 1530. The van der Waals surface area contributed by atoms with Crippen LogP contribution in [-0.4, -0.2) is 33.4 Å². The van der Waals surface area contributed by atoms with Crippen LogP contribution in [0.5, 0.6) is 0 Å². The first-order chi connectivity index (χ1) is 17.8. The molecular formula is C29H32N6OSi. The number of hydrogen-bond acceptors (Lipinski definition) is 3. The largest absolute Gasteiger partial charge is 0.347 e. The van der Waals surface area contributed by atoms with Crippen molar-refractivity contribution in [2.45, 2.75) is 39.5 Å². The molecular weight excluding hydrogens is 476 g/mol. The minimum atomic E-state index is -1.68. The molecule has 0 bridgehead atoms. The van der Waals surface area contributed by atoms with Gasteiger partial charge in [-0.05, 0) is 72.8 Å². The van der Waals surface area contributed by atoms with E-state index in [1.165, 1.54) is 11.1 Å². The molecule has 0 saturated carbocycles. The van der Waals surface area contributed by atoms with Gasteiger partial charge in [-0.15, -0.1) is 0 Å². The Hall–Kier alpha value is -4.17. The number of carbonyl (C=O) groups is 1. The zero-order chi connectivity index (χ0) is 26.0. The van der Waals surface area contributed by atoms with Gasteiger partial charge in [0.25, 0.3) is 0 Å². The van der Waals surface area contributed by atoms with Crippen LogP contribution >= 0.6 is 0 Å². The van der Waals surface area contributed by atoms with E-state index < -0.39 is 8.07 Å². The van der Waals surface area contributed by atoms with Gasteiger partial charge in [-0.25, -0.2) is 9.48 Å². The van der Waals surface area contributed by atoms with E-state index in [-0.39, 0.29) is 6.03 Å². The Balaban J connectivity index is 1.35. The minimum Gasteiger partial charge on any atom is -0.347 e. The molecule has 0 aliphatic rings. The zero-order valence-corrected chi connectivity index (χ0v) is 22.7. The van der Waals surface area contributed by atoms with Gasteiger partial charge >= 0.3 is 6.03 Å². The molecule has 2 aromatic carbocycles. The molecule has 37 heavy (non-hydrogen) atoms. The number of pyridine rings is 1. The number of hydrogen-bond donors (Lipinski definition) is 2. The second-order valence-corrected chi connectivity index (χ2v) is 15.4. The van der Waals surface area contributed by atoms with Gasteiger partial charge in [-0.2, -0.15) is 5.10 Å². The first kappa shape index (κ1) is 24.5. The average Bonchev–Trinajstić information content (AvgIpc) is 3.48. The predicted molar refractivity (Wildman–Crippen MR) is 154 cm³/mol. The molecule has 0 aliphatic carbocycles. The molecule has 7 nitrogen and oxygen atoms in total. The maximum Gasteiger partial charge on any atom is 0.324 e. The molecule has 0 unspecified atom stereocenters. The van der Waals surface area contributed by atoms with Crippen LogP contribution in [0, 0.1) is 6.92 Å². The van der Waals surface area contributed by atoms with Crippen LogP contribution in [0.1, 0.15) is 11.1 Å². The van der Waals surface area contributed by atoms with Crippen molar-refractivity contribution < 1.29 is 4.79 Å². The summed E-state index contributed by atoms with van der Waals surface area (Å²) in [5.74, 6) is 0.653. The third-order valence-electron chi connectivity index (χ3n) is 6.42. The first-order valence-electron chi connectivity index (χ1n) is 12.5. The number of aromatic nitrogens is 4. The Morgan fingerprint density at radius 2 is 1.68 bits per heavy atom. The normalized spacial score (nSPS) is 11.6. The molecule has 3 aromatic heterocycles. The monoisotopic (exact) mass is 508 g/mol. The van der Waals surface area contributed by atoms with Gasteiger partial charge in [0, 0.05) is 36.1 Å². The average molecular weight is 509 g/mol. The Kier molecular flexibility index (Phi) is 6.67. The van der Waals surface area contributed by atoms with Gasteiger partial charge in [-0.1, -0.05) is 43.4 Å². The van der Waals surface area contributed by atoms with E-state index in [0.29, 0.717) is 5.82 Å². The summed E-state index contributed by atoms with van der Waals surface area (Å²) in [7, 11) is -1.68. The lowest BCUT2D eigenvalue weighted by Crippen LogP contribution is -2.39. The molecule has 2 amide bonds. The van der Waals surface area contributed by atoms with E-state index in [2.05, 4.69) is 59.0 Å². The van der Waals surface area contributed by atoms with Gasteiger partial charge in [0.05, 0.1) is 11.2 Å². The molecule has 0 atom stereocenters. The summed E-state index contributed by atoms with van der Waals surface area (Å²) in [4.78, 5) is 17.2. The smallest absolute Gasteiger partial charge is 0.324 e. The Labute approximate surface area is 218 Å². The number of benzene rings is 2. The summed E-state index contributed by atoms with van der Waals surface area (Å²) in [6, 6.07) is 22.0. The Morgan fingerprint density at radius 1 is 0.919 bits per heavy atom. The van der Waals surface area contributed by atoms with Gasteiger partial charge < -0.3 is 9.88 Å². The SMILES string of the molecule is Cc1ccc(-n2nc([Si](C)(C)C)cc2NC(=O)Nc2ccc3ccn(CCc4ccncc4)c3c2)cc1. The molecule has 188 valence electrons. The molecule has 8 heteroatoms. The third kappa shape index (κ3) is 5.64. The van der Waals surface area contributed by atoms with Crippen molar-refractivity contribution in [1.82, 2.24) is 19.3 Å². The number of nitrogens with zero attached hydrogens (tertiary/aromatic N) is 4. The van der Waals surface area contributed by atoms with Crippen molar-refractivity contribution in [3.8, 4) is 5.69 Å². The van der Waals surface area contributed by atoms with Gasteiger partial charge in [-0.3, -0.25) is 10.3 Å². The zero-order valence-electron chi connectivity index (χ0n) is 21.7. The van der Waals surface area contributed by atoms with Crippen molar-refractivity contribution in [3.63, 3.8) is 0 Å². The van der Waals surface area contributed by atoms with Gasteiger partial charge in [0.2, 0.25) is 0 Å². The predicted octanol–water partition coefficient (Wildman–Crippen LogP) is 5.96. The molecule has 0 fully saturated rings. The van der Waals surface area contributed by atoms with E-state index in [1.807, 2.05) is 77.7 Å². The molecule has 3 heterocycles. The van der Waals surface area contributed by atoms with Crippen molar-refractivity contribution in [1.29, 1.82) is 0 Å². The summed E-state index contributed by atoms with van der Waals surface area (Å²) in [6.07, 6.45) is 6.64. The molecule has 0 radical (unpaired) electrons. The van der Waals surface area contributed by atoms with Crippen LogP contribution < -0.4 is 16.0 Å². The van der Waals surface area contributed by atoms with Crippen LogP contribution in [0.25, 0.3) is 16.6 Å². The maximum absolute atomic E-state index is 13.1. The molecule has 0 aliphatic heterocycles. The number of nitrogens with one attached hydrogen (secondary N) is 2. The van der Waals surface area contributed by atoms with Crippen molar-refractivity contribution in [2.24, 2.45) is 0 Å². The standard InChI is InChI=1S/C29H32N6OSi/c1-21-5-9-25(10-6-21)35-27(20-28(33-35)37(2,3)4)32-29(36)31-24-8-7-23-14-18-34(26(23)19-24)17-13-22-11-15-30-16-12-22/h5-12,14-16,18-20H,13,17H2,1-4H3,(H2,31,32,36). The topological polar surface area (TPSA) is 76.8 Å². The first-order valence-corrected chi connectivity index (χ1v) is 16.0. The lowest BCUT2D eigenvalue weighted by molar-refractivity contribution is 0.262. The summed E-state index contributed by atoms with van der Waals surface area (Å²) in [6.45, 7) is 9.64. The summed E-state index contributed by atoms with van der Waals surface area (Å²) >= 11 is 0. The summed E-state index contributed by atoms with van der Waals surface area (Å²) < 4.78 is 4.03. The number of fused-ring (bicyclic) bond motifs is 1. The van der Waals surface area contributed by atoms with E-state index >= 15 is 0 Å². The highest BCUT2D eigenvalue weighted by Crippen LogP contribution is 2.22. The number of aryl methyl sites for hydroxylation is 3. The fraction of sp³-hybridized carbons (Fsp3) is 0.207. The molecule has 0 spiro atoms.